The monoisotopic (exact) mass is 280 g/mol. The number of nitrogens with one attached hydrogen (secondary N) is 2. The summed E-state index contributed by atoms with van der Waals surface area (Å²) < 4.78 is 2.02. The molecule has 0 bridgehead atoms. The standard InChI is InChI=1S/C14H24N4O2/c1-10(2)14-16-4-6-18(14)5-3-13(20)17-8-11-7-15-9-12(11)19/h4,6,10-12,15,19H,3,5,7-9H2,1-2H3,(H,17,20). The van der Waals surface area contributed by atoms with Crippen LogP contribution in [0.3, 0.4) is 0 Å². The Bertz CT molecular complexity index is 444. The molecule has 0 saturated carbocycles. The molecule has 2 heterocycles. The van der Waals surface area contributed by atoms with E-state index < -0.39 is 0 Å². The summed E-state index contributed by atoms with van der Waals surface area (Å²) in [5.74, 6) is 1.51. The van der Waals surface area contributed by atoms with Gasteiger partial charge in [-0.05, 0) is 0 Å². The highest BCUT2D eigenvalue weighted by Gasteiger charge is 2.24. The molecule has 6 nitrogen and oxygen atoms in total. The summed E-state index contributed by atoms with van der Waals surface area (Å²) >= 11 is 0. The molecule has 0 aliphatic carbocycles. The van der Waals surface area contributed by atoms with E-state index in [1.54, 1.807) is 6.20 Å². The molecule has 1 fully saturated rings. The first-order valence-electron chi connectivity index (χ1n) is 7.24. The van der Waals surface area contributed by atoms with Crippen molar-refractivity contribution in [3.8, 4) is 0 Å². The van der Waals surface area contributed by atoms with Crippen LogP contribution < -0.4 is 10.6 Å². The van der Waals surface area contributed by atoms with Crippen molar-refractivity contribution >= 4 is 5.91 Å². The molecule has 2 unspecified atom stereocenters. The van der Waals surface area contributed by atoms with Crippen molar-refractivity contribution in [3.05, 3.63) is 18.2 Å². The summed E-state index contributed by atoms with van der Waals surface area (Å²) in [6.07, 6.45) is 3.77. The van der Waals surface area contributed by atoms with Crippen molar-refractivity contribution < 1.29 is 9.90 Å². The lowest BCUT2D eigenvalue weighted by molar-refractivity contribution is -0.121. The molecular formula is C14H24N4O2. The molecule has 0 radical (unpaired) electrons. The maximum atomic E-state index is 11.8. The average Bonchev–Trinajstić information content (AvgIpc) is 3.02. The molecule has 2 rings (SSSR count). The number of nitrogens with zero attached hydrogens (tertiary/aromatic N) is 2. The van der Waals surface area contributed by atoms with E-state index in [4.69, 9.17) is 0 Å². The number of aliphatic hydroxyl groups is 1. The van der Waals surface area contributed by atoms with Gasteiger partial charge in [-0.3, -0.25) is 4.79 Å². The van der Waals surface area contributed by atoms with Crippen molar-refractivity contribution in [2.24, 2.45) is 5.92 Å². The number of carbonyl (C=O) groups is 1. The van der Waals surface area contributed by atoms with E-state index in [2.05, 4.69) is 29.5 Å². The summed E-state index contributed by atoms with van der Waals surface area (Å²) in [7, 11) is 0. The molecule has 1 aliphatic rings. The van der Waals surface area contributed by atoms with E-state index in [-0.39, 0.29) is 17.9 Å². The second kappa shape index (κ2) is 6.85. The van der Waals surface area contributed by atoms with Gasteiger partial charge in [0.05, 0.1) is 6.10 Å². The minimum atomic E-state index is -0.350. The molecule has 1 saturated heterocycles. The number of β-amino-alcohol motifs (C(OH)–C–C–N with tert-alkyl or cyclic N) is 1. The zero-order chi connectivity index (χ0) is 14.5. The van der Waals surface area contributed by atoms with Crippen LogP contribution >= 0.6 is 0 Å². The Morgan fingerprint density at radius 3 is 3.05 bits per heavy atom. The Morgan fingerprint density at radius 2 is 2.40 bits per heavy atom. The summed E-state index contributed by atoms with van der Waals surface area (Å²) in [4.78, 5) is 16.1. The van der Waals surface area contributed by atoms with Gasteiger partial charge < -0.3 is 20.3 Å². The Hall–Kier alpha value is -1.40. The van der Waals surface area contributed by atoms with E-state index in [0.29, 0.717) is 32.0 Å². The van der Waals surface area contributed by atoms with Crippen molar-refractivity contribution in [1.82, 2.24) is 20.2 Å². The van der Waals surface area contributed by atoms with Gasteiger partial charge in [-0.15, -0.1) is 0 Å². The molecule has 6 heteroatoms. The topological polar surface area (TPSA) is 79.2 Å². The molecule has 1 amide bonds. The van der Waals surface area contributed by atoms with Crippen molar-refractivity contribution in [2.75, 3.05) is 19.6 Å². The molecule has 112 valence electrons. The first kappa shape index (κ1) is 15.0. The molecule has 20 heavy (non-hydrogen) atoms. The molecule has 3 N–H and O–H groups in total. The number of carbonyl (C=O) groups excluding carboxylic acids is 1. The van der Waals surface area contributed by atoms with Gasteiger partial charge in [-0.1, -0.05) is 13.8 Å². The number of imidazole rings is 1. The van der Waals surface area contributed by atoms with E-state index in [1.165, 1.54) is 0 Å². The second-order valence-electron chi connectivity index (χ2n) is 5.67. The third-order valence-corrected chi connectivity index (χ3v) is 3.71. The van der Waals surface area contributed by atoms with Crippen LogP contribution in [0.15, 0.2) is 12.4 Å². The van der Waals surface area contributed by atoms with E-state index >= 15 is 0 Å². The molecule has 1 aromatic heterocycles. The van der Waals surface area contributed by atoms with Gasteiger partial charge in [0.2, 0.25) is 5.91 Å². The summed E-state index contributed by atoms with van der Waals surface area (Å²) in [6, 6.07) is 0. The fraction of sp³-hybridized carbons (Fsp3) is 0.714. The molecule has 0 aromatic carbocycles. The highest BCUT2D eigenvalue weighted by atomic mass is 16.3. The Morgan fingerprint density at radius 1 is 1.60 bits per heavy atom. The maximum Gasteiger partial charge on any atom is 0.221 e. The van der Waals surface area contributed by atoms with Crippen LogP contribution in [0, 0.1) is 5.92 Å². The van der Waals surface area contributed by atoms with Gasteiger partial charge in [0, 0.05) is 56.8 Å². The minimum Gasteiger partial charge on any atom is -0.391 e. The smallest absolute Gasteiger partial charge is 0.221 e. The van der Waals surface area contributed by atoms with Crippen LogP contribution in [0.4, 0.5) is 0 Å². The maximum absolute atomic E-state index is 11.8. The number of hydrogen-bond acceptors (Lipinski definition) is 4. The zero-order valence-electron chi connectivity index (χ0n) is 12.2. The molecule has 1 aromatic rings. The van der Waals surface area contributed by atoms with Crippen molar-refractivity contribution in [2.45, 2.75) is 38.8 Å². The average molecular weight is 280 g/mol. The van der Waals surface area contributed by atoms with Crippen LogP contribution in [0.1, 0.15) is 32.0 Å². The highest BCUT2D eigenvalue weighted by molar-refractivity contribution is 5.75. The second-order valence-corrected chi connectivity index (χ2v) is 5.67. The van der Waals surface area contributed by atoms with E-state index in [0.717, 1.165) is 12.4 Å². The number of rotatable bonds is 6. The van der Waals surface area contributed by atoms with Gasteiger partial charge in [0.25, 0.3) is 0 Å². The zero-order valence-corrected chi connectivity index (χ0v) is 12.2. The van der Waals surface area contributed by atoms with Crippen LogP contribution in [0.25, 0.3) is 0 Å². The van der Waals surface area contributed by atoms with E-state index in [1.807, 2.05) is 10.8 Å². The minimum absolute atomic E-state index is 0.0208. The van der Waals surface area contributed by atoms with E-state index in [9.17, 15) is 9.90 Å². The molecule has 0 spiro atoms. The predicted molar refractivity (Wildman–Crippen MR) is 76.3 cm³/mol. The van der Waals surface area contributed by atoms with Crippen LogP contribution in [-0.2, 0) is 11.3 Å². The van der Waals surface area contributed by atoms with Gasteiger partial charge in [-0.25, -0.2) is 4.98 Å². The Kier molecular flexibility index (Phi) is 5.14. The van der Waals surface area contributed by atoms with Crippen molar-refractivity contribution in [1.29, 1.82) is 0 Å². The van der Waals surface area contributed by atoms with Gasteiger partial charge in [0.1, 0.15) is 5.82 Å². The lowest BCUT2D eigenvalue weighted by Gasteiger charge is -2.14. The third kappa shape index (κ3) is 3.80. The van der Waals surface area contributed by atoms with Crippen LogP contribution in [0.5, 0.6) is 0 Å². The predicted octanol–water partition coefficient (Wildman–Crippen LogP) is 0.0931. The fourth-order valence-electron chi connectivity index (χ4n) is 2.49. The SMILES string of the molecule is CC(C)c1nccn1CCC(=O)NCC1CNCC1O. The Labute approximate surface area is 119 Å². The van der Waals surface area contributed by atoms with Crippen LogP contribution in [0.2, 0.25) is 0 Å². The number of amides is 1. The number of aryl methyl sites for hydroxylation is 1. The number of aromatic nitrogens is 2. The lowest BCUT2D eigenvalue weighted by Crippen LogP contribution is -2.34. The summed E-state index contributed by atoms with van der Waals surface area (Å²) in [5.41, 5.74) is 0. The van der Waals surface area contributed by atoms with Crippen LogP contribution in [-0.4, -0.2) is 46.3 Å². The first-order chi connectivity index (χ1) is 9.58. The fourth-order valence-corrected chi connectivity index (χ4v) is 2.49. The van der Waals surface area contributed by atoms with Gasteiger partial charge in [0.15, 0.2) is 0 Å². The van der Waals surface area contributed by atoms with Crippen molar-refractivity contribution in [3.63, 3.8) is 0 Å². The molecule has 2 atom stereocenters. The number of aliphatic hydroxyl groups excluding tert-OH is 1. The van der Waals surface area contributed by atoms with Gasteiger partial charge in [-0.2, -0.15) is 0 Å². The molecular weight excluding hydrogens is 256 g/mol. The highest BCUT2D eigenvalue weighted by Crippen LogP contribution is 2.12. The molecule has 1 aliphatic heterocycles. The summed E-state index contributed by atoms with van der Waals surface area (Å²) in [5, 5.41) is 15.7. The Balaban J connectivity index is 1.73. The summed E-state index contributed by atoms with van der Waals surface area (Å²) in [6.45, 7) is 6.74. The third-order valence-electron chi connectivity index (χ3n) is 3.71. The first-order valence-corrected chi connectivity index (χ1v) is 7.24. The lowest BCUT2D eigenvalue weighted by atomic mass is 10.1. The number of hydrogen-bond donors (Lipinski definition) is 3. The van der Waals surface area contributed by atoms with Gasteiger partial charge >= 0.3 is 0 Å². The normalized spacial score (nSPS) is 22.4. The largest absolute Gasteiger partial charge is 0.391 e. The quantitative estimate of drug-likeness (QED) is 0.690.